The van der Waals surface area contributed by atoms with Gasteiger partial charge in [-0.25, -0.2) is 0 Å². The Kier molecular flexibility index (Phi) is 5.84. The van der Waals surface area contributed by atoms with E-state index in [4.69, 9.17) is 4.74 Å². The van der Waals surface area contributed by atoms with Crippen molar-refractivity contribution in [1.82, 2.24) is 5.32 Å². The predicted octanol–water partition coefficient (Wildman–Crippen LogP) is 4.67. The number of aryl methyl sites for hydroxylation is 1. The molecule has 0 radical (unpaired) electrons. The highest BCUT2D eigenvalue weighted by Gasteiger charge is 2.16. The van der Waals surface area contributed by atoms with Crippen molar-refractivity contribution in [3.8, 4) is 5.75 Å². The fraction of sp³-hybridized carbons (Fsp3) is 0.267. The molecule has 1 N–H and O–H groups in total. The van der Waals surface area contributed by atoms with Crippen LogP contribution >= 0.6 is 43.2 Å². The Labute approximate surface area is 145 Å². The Morgan fingerprint density at radius 3 is 2.76 bits per heavy atom. The average Bonchev–Trinajstić information content (AvgIpc) is 2.85. The average molecular weight is 433 g/mol. The van der Waals surface area contributed by atoms with Crippen LogP contribution in [0.3, 0.4) is 0 Å². The van der Waals surface area contributed by atoms with Crippen molar-refractivity contribution in [2.45, 2.75) is 26.5 Å². The lowest BCUT2D eigenvalue weighted by Gasteiger charge is -2.15. The van der Waals surface area contributed by atoms with Gasteiger partial charge in [-0.15, -0.1) is 11.3 Å². The minimum atomic E-state index is -0.549. The number of rotatable bonds is 5. The van der Waals surface area contributed by atoms with Crippen LogP contribution in [0.5, 0.6) is 5.75 Å². The van der Waals surface area contributed by atoms with Crippen molar-refractivity contribution in [3.63, 3.8) is 0 Å². The smallest absolute Gasteiger partial charge is 0.261 e. The molecule has 3 nitrogen and oxygen atoms in total. The molecule has 0 bridgehead atoms. The number of thiophene rings is 1. The Balaban J connectivity index is 1.90. The van der Waals surface area contributed by atoms with Gasteiger partial charge in [0, 0.05) is 14.7 Å². The van der Waals surface area contributed by atoms with Crippen LogP contribution in [0, 0.1) is 6.92 Å². The van der Waals surface area contributed by atoms with Crippen LogP contribution in [0.15, 0.2) is 38.6 Å². The van der Waals surface area contributed by atoms with Gasteiger partial charge in [0.15, 0.2) is 6.10 Å². The fourth-order valence-corrected chi connectivity index (χ4v) is 3.69. The molecule has 21 heavy (non-hydrogen) atoms. The third-order valence-electron chi connectivity index (χ3n) is 2.82. The van der Waals surface area contributed by atoms with Crippen molar-refractivity contribution in [2.24, 2.45) is 0 Å². The van der Waals surface area contributed by atoms with Crippen molar-refractivity contribution in [2.75, 3.05) is 0 Å². The molecule has 0 saturated carbocycles. The Morgan fingerprint density at radius 1 is 1.38 bits per heavy atom. The molecule has 1 heterocycles. The minimum Gasteiger partial charge on any atom is -0.480 e. The summed E-state index contributed by atoms with van der Waals surface area (Å²) >= 11 is 8.44. The molecule has 0 saturated heterocycles. The summed E-state index contributed by atoms with van der Waals surface area (Å²) in [6.07, 6.45) is -0.549. The number of amides is 1. The van der Waals surface area contributed by atoms with Crippen LogP contribution in [0.2, 0.25) is 0 Å². The molecule has 1 amide bonds. The summed E-state index contributed by atoms with van der Waals surface area (Å²) in [5, 5.41) is 4.86. The van der Waals surface area contributed by atoms with Gasteiger partial charge in [-0.3, -0.25) is 4.79 Å². The van der Waals surface area contributed by atoms with Crippen LogP contribution in [0.1, 0.15) is 17.4 Å². The highest BCUT2D eigenvalue weighted by Crippen LogP contribution is 2.26. The zero-order valence-electron chi connectivity index (χ0n) is 11.7. The summed E-state index contributed by atoms with van der Waals surface area (Å²) in [6.45, 7) is 4.26. The van der Waals surface area contributed by atoms with E-state index in [9.17, 15) is 4.79 Å². The first-order valence-electron chi connectivity index (χ1n) is 6.39. The molecule has 2 aromatic rings. The zero-order chi connectivity index (χ0) is 15.4. The highest BCUT2D eigenvalue weighted by atomic mass is 79.9. The van der Waals surface area contributed by atoms with Gasteiger partial charge in [-0.2, -0.15) is 0 Å². The van der Waals surface area contributed by atoms with E-state index in [0.29, 0.717) is 12.3 Å². The second-order valence-corrected chi connectivity index (χ2v) is 7.41. The van der Waals surface area contributed by atoms with Crippen LogP contribution in [-0.2, 0) is 11.3 Å². The van der Waals surface area contributed by atoms with Crippen molar-refractivity contribution in [1.29, 1.82) is 0 Å². The van der Waals surface area contributed by atoms with E-state index in [1.807, 2.05) is 36.6 Å². The first-order valence-corrected chi connectivity index (χ1v) is 8.85. The summed E-state index contributed by atoms with van der Waals surface area (Å²) < 4.78 is 7.57. The first kappa shape index (κ1) is 16.5. The molecule has 6 heteroatoms. The van der Waals surface area contributed by atoms with E-state index in [0.717, 1.165) is 19.4 Å². The first-order chi connectivity index (χ1) is 9.95. The molecule has 0 aliphatic heterocycles. The number of ether oxygens (including phenoxy) is 1. The van der Waals surface area contributed by atoms with Gasteiger partial charge in [-0.1, -0.05) is 6.07 Å². The van der Waals surface area contributed by atoms with E-state index in [-0.39, 0.29) is 5.91 Å². The number of carbonyl (C=O) groups excluding carboxylic acids is 1. The molecule has 0 fully saturated rings. The van der Waals surface area contributed by atoms with Crippen LogP contribution in [0.25, 0.3) is 0 Å². The lowest BCUT2D eigenvalue weighted by molar-refractivity contribution is -0.127. The Hall–Kier alpha value is -0.850. The van der Waals surface area contributed by atoms with Gasteiger partial charge in [0.25, 0.3) is 5.91 Å². The summed E-state index contributed by atoms with van der Waals surface area (Å²) in [6, 6.07) is 7.77. The van der Waals surface area contributed by atoms with E-state index in [1.165, 1.54) is 0 Å². The van der Waals surface area contributed by atoms with Gasteiger partial charge in [0.1, 0.15) is 5.75 Å². The van der Waals surface area contributed by atoms with Gasteiger partial charge in [0.2, 0.25) is 0 Å². The molecule has 2 rings (SSSR count). The second kappa shape index (κ2) is 7.42. The molecule has 112 valence electrons. The van der Waals surface area contributed by atoms with Crippen LogP contribution in [-0.4, -0.2) is 12.0 Å². The van der Waals surface area contributed by atoms with Gasteiger partial charge >= 0.3 is 0 Å². The number of carbonyl (C=O) groups is 1. The molecule has 0 spiro atoms. The lowest BCUT2D eigenvalue weighted by Crippen LogP contribution is -2.35. The molecular formula is C15H15Br2NO2S. The summed E-state index contributed by atoms with van der Waals surface area (Å²) in [5.41, 5.74) is 1.13. The second-order valence-electron chi connectivity index (χ2n) is 4.64. The lowest BCUT2D eigenvalue weighted by atomic mass is 10.2. The monoisotopic (exact) mass is 431 g/mol. The summed E-state index contributed by atoms with van der Waals surface area (Å²) in [7, 11) is 0. The molecule has 1 aromatic carbocycles. The summed E-state index contributed by atoms with van der Waals surface area (Å²) in [4.78, 5) is 13.1. The van der Waals surface area contributed by atoms with E-state index >= 15 is 0 Å². The quantitative estimate of drug-likeness (QED) is 0.745. The Bertz CT molecular complexity index is 642. The van der Waals surface area contributed by atoms with Gasteiger partial charge in [0.05, 0.1) is 11.0 Å². The normalized spacial score (nSPS) is 12.0. The maximum atomic E-state index is 12.0. The molecule has 1 unspecified atom stereocenters. The fourth-order valence-electron chi connectivity index (χ4n) is 1.71. The standard InChI is InChI=1S/C15H15Br2NO2S/c1-9-3-4-14(13(17)5-9)20-10(2)15(19)18-7-12-6-11(16)8-21-12/h3-6,8,10H,7H2,1-2H3,(H,18,19). The van der Waals surface area contributed by atoms with Crippen molar-refractivity contribution < 1.29 is 9.53 Å². The number of hydrogen-bond acceptors (Lipinski definition) is 3. The van der Waals surface area contributed by atoms with Crippen LogP contribution in [0.4, 0.5) is 0 Å². The van der Waals surface area contributed by atoms with E-state index in [1.54, 1.807) is 18.3 Å². The third-order valence-corrected chi connectivity index (χ3v) is 5.14. The number of hydrogen-bond donors (Lipinski definition) is 1. The Morgan fingerprint density at radius 2 is 2.14 bits per heavy atom. The zero-order valence-corrected chi connectivity index (χ0v) is 15.6. The largest absolute Gasteiger partial charge is 0.480 e. The summed E-state index contributed by atoms with van der Waals surface area (Å²) in [5.74, 6) is 0.536. The highest BCUT2D eigenvalue weighted by molar-refractivity contribution is 9.10. The minimum absolute atomic E-state index is 0.132. The maximum Gasteiger partial charge on any atom is 0.261 e. The number of halogens is 2. The SMILES string of the molecule is Cc1ccc(OC(C)C(=O)NCc2cc(Br)cs2)c(Br)c1. The van der Waals surface area contributed by atoms with E-state index < -0.39 is 6.10 Å². The molecule has 1 aromatic heterocycles. The van der Waals surface area contributed by atoms with Gasteiger partial charge in [-0.05, 0) is 69.5 Å². The number of benzene rings is 1. The predicted molar refractivity (Wildman–Crippen MR) is 92.8 cm³/mol. The number of nitrogens with one attached hydrogen (secondary N) is 1. The van der Waals surface area contributed by atoms with Crippen molar-refractivity contribution >= 4 is 49.1 Å². The maximum absolute atomic E-state index is 12.0. The molecule has 0 aliphatic rings. The molecule has 1 atom stereocenters. The topological polar surface area (TPSA) is 38.3 Å². The third kappa shape index (κ3) is 4.83. The van der Waals surface area contributed by atoms with Crippen molar-refractivity contribution in [3.05, 3.63) is 49.0 Å². The molecular weight excluding hydrogens is 418 g/mol. The molecule has 0 aliphatic carbocycles. The van der Waals surface area contributed by atoms with Crippen LogP contribution < -0.4 is 10.1 Å². The van der Waals surface area contributed by atoms with E-state index in [2.05, 4.69) is 37.2 Å². The van der Waals surface area contributed by atoms with Gasteiger partial charge < -0.3 is 10.1 Å².